The molecule has 0 atom stereocenters. The normalized spacial score (nSPS) is 11.9. The summed E-state index contributed by atoms with van der Waals surface area (Å²) < 4.78 is 22.1. The van der Waals surface area contributed by atoms with Crippen molar-refractivity contribution < 1.29 is 8.42 Å². The molecular weight excluding hydrogens is 292 g/mol. The van der Waals surface area contributed by atoms with Crippen molar-refractivity contribution in [2.75, 3.05) is 17.8 Å². The van der Waals surface area contributed by atoms with E-state index in [1.807, 2.05) is 24.3 Å². The second-order valence-corrected chi connectivity index (χ2v) is 7.52. The van der Waals surface area contributed by atoms with E-state index in [1.54, 1.807) is 0 Å². The second kappa shape index (κ2) is 5.42. The van der Waals surface area contributed by atoms with Crippen molar-refractivity contribution in [1.82, 2.24) is 10.2 Å². The van der Waals surface area contributed by atoms with Gasteiger partial charge in [-0.3, -0.25) is 0 Å². The molecule has 96 valence electrons. The molecular formula is C11H11ClN2O2S2. The number of aromatic nitrogens is 2. The van der Waals surface area contributed by atoms with Gasteiger partial charge in [0.15, 0.2) is 5.15 Å². The fraction of sp³-hybridized carbons (Fsp3) is 0.273. The van der Waals surface area contributed by atoms with Crippen molar-refractivity contribution in [3.63, 3.8) is 0 Å². The number of sulfone groups is 1. The minimum absolute atomic E-state index is 0.121. The molecule has 1 heterocycles. The van der Waals surface area contributed by atoms with E-state index < -0.39 is 9.84 Å². The van der Waals surface area contributed by atoms with Gasteiger partial charge in [-0.05, 0) is 0 Å². The van der Waals surface area contributed by atoms with Crippen LogP contribution in [-0.4, -0.2) is 36.4 Å². The van der Waals surface area contributed by atoms with E-state index in [4.69, 9.17) is 11.6 Å². The number of halogens is 1. The average Bonchev–Trinajstić information content (AvgIpc) is 2.31. The van der Waals surface area contributed by atoms with E-state index >= 15 is 0 Å². The lowest BCUT2D eigenvalue weighted by Gasteiger charge is -2.05. The highest BCUT2D eigenvalue weighted by molar-refractivity contribution is 8.00. The summed E-state index contributed by atoms with van der Waals surface area (Å²) >= 11 is 7.33. The Balaban J connectivity index is 2.26. The van der Waals surface area contributed by atoms with E-state index in [-0.39, 0.29) is 5.75 Å². The molecule has 7 heteroatoms. The van der Waals surface area contributed by atoms with E-state index in [2.05, 4.69) is 10.2 Å². The Bertz CT molecular complexity index is 674. The first-order chi connectivity index (χ1) is 8.47. The van der Waals surface area contributed by atoms with Crippen molar-refractivity contribution in [3.05, 3.63) is 29.4 Å². The molecule has 4 nitrogen and oxygen atoms in total. The highest BCUT2D eigenvalue weighted by Crippen LogP contribution is 2.28. The molecule has 0 bridgehead atoms. The standard InChI is InChI=1S/C11H11ClN2O2S2/c1-18(15,16)7-6-17-11-9-5-3-2-4-8(9)10(12)13-14-11/h2-5H,6-7H2,1H3. The van der Waals surface area contributed by atoms with Crippen LogP contribution in [0.5, 0.6) is 0 Å². The third-order valence-electron chi connectivity index (χ3n) is 2.30. The van der Waals surface area contributed by atoms with Crippen LogP contribution < -0.4 is 0 Å². The van der Waals surface area contributed by atoms with Crippen LogP contribution in [-0.2, 0) is 9.84 Å². The summed E-state index contributed by atoms with van der Waals surface area (Å²) in [4.78, 5) is 0. The zero-order valence-corrected chi connectivity index (χ0v) is 12.0. The molecule has 2 rings (SSSR count). The van der Waals surface area contributed by atoms with Gasteiger partial charge >= 0.3 is 0 Å². The summed E-state index contributed by atoms with van der Waals surface area (Å²) in [6.07, 6.45) is 1.22. The van der Waals surface area contributed by atoms with Crippen molar-refractivity contribution in [3.8, 4) is 0 Å². The average molecular weight is 303 g/mol. The third-order valence-corrected chi connectivity index (χ3v) is 4.77. The predicted octanol–water partition coefficient (Wildman–Crippen LogP) is 2.42. The van der Waals surface area contributed by atoms with E-state index in [0.717, 1.165) is 10.8 Å². The number of hydrogen-bond acceptors (Lipinski definition) is 5. The Hall–Kier alpha value is -0.850. The number of fused-ring (bicyclic) bond motifs is 1. The maximum atomic E-state index is 11.1. The van der Waals surface area contributed by atoms with Crippen LogP contribution in [0, 0.1) is 0 Å². The molecule has 2 aromatic rings. The van der Waals surface area contributed by atoms with Gasteiger partial charge in [-0.15, -0.1) is 22.0 Å². The first-order valence-corrected chi connectivity index (χ1v) is 8.61. The van der Waals surface area contributed by atoms with Crippen LogP contribution in [0.3, 0.4) is 0 Å². The van der Waals surface area contributed by atoms with Crippen LogP contribution in [0.4, 0.5) is 0 Å². The zero-order chi connectivity index (χ0) is 13.2. The van der Waals surface area contributed by atoms with Gasteiger partial charge in [-0.2, -0.15) is 0 Å². The van der Waals surface area contributed by atoms with Gasteiger partial charge in [0.1, 0.15) is 14.9 Å². The van der Waals surface area contributed by atoms with Gasteiger partial charge in [-0.25, -0.2) is 8.42 Å². The summed E-state index contributed by atoms with van der Waals surface area (Å²) in [6.45, 7) is 0. The minimum atomic E-state index is -2.95. The van der Waals surface area contributed by atoms with Gasteiger partial charge in [0.25, 0.3) is 0 Å². The molecule has 1 aromatic carbocycles. The maximum absolute atomic E-state index is 11.1. The van der Waals surface area contributed by atoms with Crippen molar-refractivity contribution >= 4 is 44.0 Å². The van der Waals surface area contributed by atoms with Gasteiger partial charge < -0.3 is 0 Å². The van der Waals surface area contributed by atoms with E-state index in [9.17, 15) is 8.42 Å². The van der Waals surface area contributed by atoms with Gasteiger partial charge in [0.05, 0.1) is 5.75 Å². The van der Waals surface area contributed by atoms with Crippen molar-refractivity contribution in [2.45, 2.75) is 5.03 Å². The van der Waals surface area contributed by atoms with Crippen LogP contribution in [0.2, 0.25) is 5.15 Å². The lowest BCUT2D eigenvalue weighted by atomic mass is 10.2. The summed E-state index contributed by atoms with van der Waals surface area (Å²) in [5.74, 6) is 0.579. The van der Waals surface area contributed by atoms with E-state index in [0.29, 0.717) is 15.9 Å². The first-order valence-electron chi connectivity index (χ1n) is 5.19. The predicted molar refractivity (Wildman–Crippen MR) is 75.0 cm³/mol. The molecule has 0 radical (unpaired) electrons. The van der Waals surface area contributed by atoms with Gasteiger partial charge in [0.2, 0.25) is 0 Å². The zero-order valence-electron chi connectivity index (χ0n) is 9.63. The fourth-order valence-electron chi connectivity index (χ4n) is 1.44. The largest absolute Gasteiger partial charge is 0.229 e. The molecule has 18 heavy (non-hydrogen) atoms. The Morgan fingerprint density at radius 3 is 2.56 bits per heavy atom. The number of rotatable bonds is 4. The van der Waals surface area contributed by atoms with Crippen LogP contribution >= 0.6 is 23.4 Å². The van der Waals surface area contributed by atoms with Gasteiger partial charge in [0, 0.05) is 22.8 Å². The van der Waals surface area contributed by atoms with Crippen LogP contribution in [0.15, 0.2) is 29.3 Å². The van der Waals surface area contributed by atoms with Crippen LogP contribution in [0.25, 0.3) is 10.8 Å². The molecule has 0 aliphatic rings. The Kier molecular flexibility index (Phi) is 4.09. The molecule has 0 aliphatic heterocycles. The van der Waals surface area contributed by atoms with E-state index in [1.165, 1.54) is 18.0 Å². The molecule has 0 spiro atoms. The summed E-state index contributed by atoms with van der Waals surface area (Å²) in [5.41, 5.74) is 0. The monoisotopic (exact) mass is 302 g/mol. The lowest BCUT2D eigenvalue weighted by Crippen LogP contribution is -2.05. The summed E-state index contributed by atoms with van der Waals surface area (Å²) in [5, 5.41) is 10.7. The third kappa shape index (κ3) is 3.34. The molecule has 0 amide bonds. The smallest absolute Gasteiger partial charge is 0.159 e. The number of thioether (sulfide) groups is 1. The quantitative estimate of drug-likeness (QED) is 0.812. The SMILES string of the molecule is CS(=O)(=O)CCSc1nnc(Cl)c2ccccc12. The molecule has 0 aliphatic carbocycles. The topological polar surface area (TPSA) is 59.9 Å². The van der Waals surface area contributed by atoms with Crippen LogP contribution in [0.1, 0.15) is 0 Å². The fourth-order valence-corrected chi connectivity index (χ4v) is 3.82. The number of nitrogens with zero attached hydrogens (tertiary/aromatic N) is 2. The highest BCUT2D eigenvalue weighted by atomic mass is 35.5. The molecule has 0 fully saturated rings. The molecule has 0 unspecified atom stereocenters. The second-order valence-electron chi connectivity index (χ2n) is 3.82. The first kappa shape index (κ1) is 13.6. The highest BCUT2D eigenvalue weighted by Gasteiger charge is 2.09. The molecule has 0 saturated carbocycles. The lowest BCUT2D eigenvalue weighted by molar-refractivity contribution is 0.603. The Morgan fingerprint density at radius 2 is 1.89 bits per heavy atom. The van der Waals surface area contributed by atoms with Crippen molar-refractivity contribution in [2.24, 2.45) is 0 Å². The Morgan fingerprint density at radius 1 is 1.22 bits per heavy atom. The number of benzene rings is 1. The van der Waals surface area contributed by atoms with Crippen molar-refractivity contribution in [1.29, 1.82) is 0 Å². The molecule has 0 N–H and O–H groups in total. The summed E-state index contributed by atoms with van der Waals surface area (Å²) in [6, 6.07) is 7.54. The maximum Gasteiger partial charge on any atom is 0.159 e. The minimum Gasteiger partial charge on any atom is -0.229 e. The number of hydrogen-bond donors (Lipinski definition) is 0. The van der Waals surface area contributed by atoms with Gasteiger partial charge in [-0.1, -0.05) is 35.9 Å². The summed E-state index contributed by atoms with van der Waals surface area (Å²) in [7, 11) is -2.95. The Labute approximate surface area is 115 Å². The molecule has 1 aromatic heterocycles. The molecule has 0 saturated heterocycles.